The normalized spacial score (nSPS) is 13.3. The molecule has 0 bridgehead atoms. The van der Waals surface area contributed by atoms with Gasteiger partial charge in [0.2, 0.25) is 0 Å². The Kier molecular flexibility index (Phi) is 4.13. The van der Waals surface area contributed by atoms with Gasteiger partial charge in [-0.05, 0) is 29.3 Å². The molecule has 0 saturated heterocycles. The Labute approximate surface area is 120 Å². The van der Waals surface area contributed by atoms with Crippen LogP contribution >= 0.6 is 15.9 Å². The van der Waals surface area contributed by atoms with Crippen molar-refractivity contribution in [3.05, 3.63) is 70.8 Å². The molecule has 0 radical (unpaired) electrons. The van der Waals surface area contributed by atoms with Crippen molar-refractivity contribution >= 4 is 15.9 Å². The molecular weight excluding hydrogens is 343 g/mol. The van der Waals surface area contributed by atoms with Crippen LogP contribution in [0.15, 0.2) is 42.5 Å². The third-order valence-corrected chi connectivity index (χ3v) is 3.80. The van der Waals surface area contributed by atoms with Crippen LogP contribution in [0.1, 0.15) is 21.5 Å². The average molecular weight is 351 g/mol. The lowest BCUT2D eigenvalue weighted by molar-refractivity contribution is -0.138. The van der Waals surface area contributed by atoms with Crippen molar-refractivity contribution in [1.29, 1.82) is 0 Å². The largest absolute Gasteiger partial charge is 0.416 e. The molecular formula is C14H8BrF5. The molecule has 20 heavy (non-hydrogen) atoms. The van der Waals surface area contributed by atoms with Crippen LogP contribution in [0.2, 0.25) is 0 Å². The van der Waals surface area contributed by atoms with Gasteiger partial charge in [-0.15, -0.1) is 0 Å². The van der Waals surface area contributed by atoms with E-state index in [-0.39, 0.29) is 11.1 Å². The Morgan fingerprint density at radius 3 is 2.15 bits per heavy atom. The Hall–Kier alpha value is -1.43. The molecule has 0 nitrogen and oxygen atoms in total. The lowest BCUT2D eigenvalue weighted by Crippen LogP contribution is -2.10. The highest BCUT2D eigenvalue weighted by molar-refractivity contribution is 9.09. The monoisotopic (exact) mass is 350 g/mol. The number of alkyl halides is 4. The van der Waals surface area contributed by atoms with E-state index in [1.165, 1.54) is 24.3 Å². The van der Waals surface area contributed by atoms with E-state index in [0.29, 0.717) is 0 Å². The molecule has 0 spiro atoms. The minimum atomic E-state index is -4.51. The minimum absolute atomic E-state index is 0.0500. The zero-order valence-corrected chi connectivity index (χ0v) is 11.5. The minimum Gasteiger partial charge on any atom is -0.204 e. The summed E-state index contributed by atoms with van der Waals surface area (Å²) in [7, 11) is 0. The van der Waals surface area contributed by atoms with E-state index in [1.54, 1.807) is 0 Å². The van der Waals surface area contributed by atoms with Gasteiger partial charge in [0.25, 0.3) is 0 Å². The van der Waals surface area contributed by atoms with E-state index in [0.717, 1.165) is 18.2 Å². The van der Waals surface area contributed by atoms with Crippen LogP contribution in [0.5, 0.6) is 0 Å². The highest BCUT2D eigenvalue weighted by Crippen LogP contribution is 2.40. The smallest absolute Gasteiger partial charge is 0.204 e. The first kappa shape index (κ1) is 15.0. The van der Waals surface area contributed by atoms with Crippen molar-refractivity contribution < 1.29 is 22.0 Å². The predicted octanol–water partition coefficient (Wildman–Crippen LogP) is 5.47. The molecule has 0 aromatic heterocycles. The number of benzene rings is 2. The summed E-state index contributed by atoms with van der Waals surface area (Å²) in [4.78, 5) is -0.879. The van der Waals surface area contributed by atoms with Crippen LogP contribution < -0.4 is 0 Å². The molecule has 0 aliphatic heterocycles. The molecule has 0 aliphatic carbocycles. The Morgan fingerprint density at radius 2 is 1.55 bits per heavy atom. The van der Waals surface area contributed by atoms with E-state index < -0.39 is 28.2 Å². The van der Waals surface area contributed by atoms with Gasteiger partial charge in [0, 0.05) is 0 Å². The molecule has 2 aromatic carbocycles. The van der Waals surface area contributed by atoms with Crippen molar-refractivity contribution in [3.8, 4) is 0 Å². The molecule has 2 rings (SSSR count). The van der Waals surface area contributed by atoms with Crippen LogP contribution in [-0.4, -0.2) is 0 Å². The number of halogens is 6. The summed E-state index contributed by atoms with van der Waals surface area (Å²) >= 11 is 3.11. The lowest BCUT2D eigenvalue weighted by Gasteiger charge is -2.17. The zero-order chi connectivity index (χ0) is 14.9. The van der Waals surface area contributed by atoms with Gasteiger partial charge in [-0.1, -0.05) is 40.2 Å². The number of hydrogen-bond donors (Lipinski definition) is 0. The first-order valence-corrected chi connectivity index (χ1v) is 6.47. The SMILES string of the molecule is Fc1ccc(C(Br)c2ccccc2C(F)(F)F)cc1F. The zero-order valence-electron chi connectivity index (χ0n) is 9.89. The summed E-state index contributed by atoms with van der Waals surface area (Å²) in [5.74, 6) is -2.14. The number of rotatable bonds is 2. The molecule has 0 saturated carbocycles. The Balaban J connectivity index is 2.48. The second-order valence-corrected chi connectivity index (χ2v) is 5.04. The Bertz CT molecular complexity index is 621. The Morgan fingerprint density at radius 1 is 0.900 bits per heavy atom. The quantitative estimate of drug-likeness (QED) is 0.497. The summed E-state index contributed by atoms with van der Waals surface area (Å²) in [5, 5.41) is 0. The van der Waals surface area contributed by atoms with Gasteiger partial charge in [0.1, 0.15) is 0 Å². The second-order valence-electron chi connectivity index (χ2n) is 4.12. The van der Waals surface area contributed by atoms with E-state index in [4.69, 9.17) is 0 Å². The summed E-state index contributed by atoms with van der Waals surface area (Å²) in [6, 6.07) is 7.98. The van der Waals surface area contributed by atoms with Crippen molar-refractivity contribution in [2.75, 3.05) is 0 Å². The first-order chi connectivity index (χ1) is 9.30. The van der Waals surface area contributed by atoms with Crippen LogP contribution in [0.4, 0.5) is 22.0 Å². The predicted molar refractivity (Wildman–Crippen MR) is 68.6 cm³/mol. The van der Waals surface area contributed by atoms with E-state index in [1.807, 2.05) is 0 Å². The second kappa shape index (κ2) is 5.52. The van der Waals surface area contributed by atoms with E-state index in [2.05, 4.69) is 15.9 Å². The number of hydrogen-bond acceptors (Lipinski definition) is 0. The highest BCUT2D eigenvalue weighted by atomic mass is 79.9. The summed E-state index contributed by atoms with van der Waals surface area (Å²) < 4.78 is 64.8. The van der Waals surface area contributed by atoms with Crippen molar-refractivity contribution in [1.82, 2.24) is 0 Å². The maximum absolute atomic E-state index is 13.2. The van der Waals surface area contributed by atoms with Gasteiger partial charge in [-0.25, -0.2) is 8.78 Å². The van der Waals surface area contributed by atoms with Crippen molar-refractivity contribution in [2.24, 2.45) is 0 Å². The third kappa shape index (κ3) is 3.00. The maximum Gasteiger partial charge on any atom is 0.416 e. The third-order valence-electron chi connectivity index (χ3n) is 2.78. The molecule has 2 aromatic rings. The fraction of sp³-hybridized carbons (Fsp3) is 0.143. The first-order valence-electron chi connectivity index (χ1n) is 5.56. The van der Waals surface area contributed by atoms with Crippen molar-refractivity contribution in [2.45, 2.75) is 11.0 Å². The van der Waals surface area contributed by atoms with Crippen LogP contribution in [0.3, 0.4) is 0 Å². The van der Waals surface area contributed by atoms with Gasteiger partial charge in [0.05, 0.1) is 10.4 Å². The molecule has 0 N–H and O–H groups in total. The average Bonchev–Trinajstić information content (AvgIpc) is 2.40. The van der Waals surface area contributed by atoms with Gasteiger partial charge in [-0.3, -0.25) is 0 Å². The molecule has 0 heterocycles. The van der Waals surface area contributed by atoms with Crippen LogP contribution in [0.25, 0.3) is 0 Å². The summed E-state index contributed by atoms with van der Waals surface area (Å²) in [5.41, 5.74) is -0.654. The molecule has 0 fully saturated rings. The molecule has 106 valence electrons. The van der Waals surface area contributed by atoms with Gasteiger partial charge < -0.3 is 0 Å². The fourth-order valence-corrected chi connectivity index (χ4v) is 2.51. The van der Waals surface area contributed by atoms with E-state index in [9.17, 15) is 22.0 Å². The maximum atomic E-state index is 13.2. The summed E-state index contributed by atoms with van der Waals surface area (Å²) in [6.45, 7) is 0. The lowest BCUT2D eigenvalue weighted by atomic mass is 9.99. The van der Waals surface area contributed by atoms with Gasteiger partial charge >= 0.3 is 6.18 Å². The molecule has 1 atom stereocenters. The molecule has 0 aliphatic rings. The van der Waals surface area contributed by atoms with Crippen LogP contribution in [0, 0.1) is 11.6 Å². The van der Waals surface area contributed by atoms with Crippen molar-refractivity contribution in [3.63, 3.8) is 0 Å². The van der Waals surface area contributed by atoms with Gasteiger partial charge in [-0.2, -0.15) is 13.2 Å². The topological polar surface area (TPSA) is 0 Å². The molecule has 0 amide bonds. The fourth-order valence-electron chi connectivity index (χ4n) is 1.83. The molecule has 6 heteroatoms. The van der Waals surface area contributed by atoms with Crippen LogP contribution in [-0.2, 0) is 6.18 Å². The van der Waals surface area contributed by atoms with E-state index >= 15 is 0 Å². The molecule has 1 unspecified atom stereocenters. The summed E-state index contributed by atoms with van der Waals surface area (Å²) in [6.07, 6.45) is -4.51. The standard InChI is InChI=1S/C14H8BrF5/c15-13(8-5-6-11(16)12(17)7-8)9-3-1-2-4-10(9)14(18,19)20/h1-7,13H. The highest BCUT2D eigenvalue weighted by Gasteiger charge is 2.34. The van der Waals surface area contributed by atoms with Gasteiger partial charge in [0.15, 0.2) is 11.6 Å².